The molecule has 0 N–H and O–H groups in total. The first-order valence-electron chi connectivity index (χ1n) is 7.44. The van der Waals surface area contributed by atoms with Gasteiger partial charge in [0.15, 0.2) is 5.16 Å². The monoisotopic (exact) mass is 340 g/mol. The second-order valence-corrected chi connectivity index (χ2v) is 7.51. The Bertz CT molecular complexity index is 732. The van der Waals surface area contributed by atoms with E-state index in [0.29, 0.717) is 13.3 Å². The molecule has 1 fully saturated rings. The quantitative estimate of drug-likeness (QED) is 0.633. The summed E-state index contributed by atoms with van der Waals surface area (Å²) in [5, 5.41) is 1.56. The van der Waals surface area contributed by atoms with Crippen LogP contribution in [0.1, 0.15) is 23.8 Å². The number of thioether (sulfide) groups is 1. The van der Waals surface area contributed by atoms with E-state index in [0.717, 1.165) is 44.6 Å². The maximum atomic E-state index is 12.7. The SMILES string of the molecule is CCn1c(SC[C@@H]2CCOCO2)nc2sc(C)c(C)c2c1=O. The summed E-state index contributed by atoms with van der Waals surface area (Å²) in [6.07, 6.45) is 1.06. The van der Waals surface area contributed by atoms with Crippen LogP contribution in [0.4, 0.5) is 0 Å². The van der Waals surface area contributed by atoms with Gasteiger partial charge in [-0.05, 0) is 32.8 Å². The number of thiophene rings is 1. The molecule has 5 nitrogen and oxygen atoms in total. The molecular weight excluding hydrogens is 320 g/mol. The fourth-order valence-corrected chi connectivity index (χ4v) is 4.70. The van der Waals surface area contributed by atoms with E-state index in [2.05, 4.69) is 0 Å². The van der Waals surface area contributed by atoms with Gasteiger partial charge in [-0.1, -0.05) is 11.8 Å². The Morgan fingerprint density at radius 2 is 2.27 bits per heavy atom. The van der Waals surface area contributed by atoms with E-state index < -0.39 is 0 Å². The highest BCUT2D eigenvalue weighted by Gasteiger charge is 2.19. The molecule has 1 aliphatic heterocycles. The topological polar surface area (TPSA) is 53.4 Å². The summed E-state index contributed by atoms with van der Waals surface area (Å²) in [5.41, 5.74) is 1.13. The van der Waals surface area contributed by atoms with Crippen molar-refractivity contribution < 1.29 is 9.47 Å². The first-order valence-corrected chi connectivity index (χ1v) is 9.24. The molecule has 2 aromatic rings. The lowest BCUT2D eigenvalue weighted by atomic mass is 10.2. The van der Waals surface area contributed by atoms with E-state index >= 15 is 0 Å². The lowest BCUT2D eigenvalue weighted by Crippen LogP contribution is -2.27. The zero-order valence-corrected chi connectivity index (χ0v) is 14.7. The van der Waals surface area contributed by atoms with E-state index in [4.69, 9.17) is 14.5 Å². The van der Waals surface area contributed by atoms with Crippen LogP contribution in [-0.4, -0.2) is 34.8 Å². The first-order chi connectivity index (χ1) is 10.6. The Morgan fingerprint density at radius 1 is 1.45 bits per heavy atom. The molecule has 1 atom stereocenters. The van der Waals surface area contributed by atoms with Gasteiger partial charge in [-0.25, -0.2) is 4.98 Å². The number of aryl methyl sites for hydroxylation is 2. The second-order valence-electron chi connectivity index (χ2n) is 5.32. The van der Waals surface area contributed by atoms with Crippen molar-refractivity contribution in [2.45, 2.75) is 45.0 Å². The number of ether oxygens (including phenoxy) is 2. The van der Waals surface area contributed by atoms with Crippen molar-refractivity contribution >= 4 is 33.3 Å². The number of nitrogens with zero attached hydrogens (tertiary/aromatic N) is 2. The molecule has 22 heavy (non-hydrogen) atoms. The molecule has 0 unspecified atom stereocenters. The lowest BCUT2D eigenvalue weighted by molar-refractivity contribution is -0.130. The maximum Gasteiger partial charge on any atom is 0.263 e. The Hall–Kier alpha value is -0.890. The van der Waals surface area contributed by atoms with Gasteiger partial charge in [0.2, 0.25) is 0 Å². The highest BCUT2D eigenvalue weighted by Crippen LogP contribution is 2.29. The summed E-state index contributed by atoms with van der Waals surface area (Å²) in [7, 11) is 0. The predicted octanol–water partition coefficient (Wildman–Crippen LogP) is 2.95. The molecule has 2 aromatic heterocycles. The van der Waals surface area contributed by atoms with E-state index in [1.165, 1.54) is 0 Å². The van der Waals surface area contributed by atoms with Gasteiger partial charge in [0, 0.05) is 17.2 Å². The largest absolute Gasteiger partial charge is 0.355 e. The van der Waals surface area contributed by atoms with E-state index in [9.17, 15) is 4.79 Å². The molecule has 1 saturated heterocycles. The molecule has 0 aliphatic carbocycles. The number of aromatic nitrogens is 2. The Balaban J connectivity index is 1.92. The van der Waals surface area contributed by atoms with Crippen LogP contribution in [0.25, 0.3) is 10.2 Å². The molecule has 0 radical (unpaired) electrons. The van der Waals surface area contributed by atoms with Gasteiger partial charge in [0.05, 0.1) is 18.1 Å². The molecule has 0 saturated carbocycles. The van der Waals surface area contributed by atoms with E-state index in [1.807, 2.05) is 20.8 Å². The van der Waals surface area contributed by atoms with Crippen LogP contribution >= 0.6 is 23.1 Å². The van der Waals surface area contributed by atoms with Crippen molar-refractivity contribution in [2.24, 2.45) is 0 Å². The lowest BCUT2D eigenvalue weighted by Gasteiger charge is -2.22. The molecule has 0 bridgehead atoms. The summed E-state index contributed by atoms with van der Waals surface area (Å²) in [6.45, 7) is 7.76. The van der Waals surface area contributed by atoms with Crippen LogP contribution in [-0.2, 0) is 16.0 Å². The number of rotatable bonds is 4. The van der Waals surface area contributed by atoms with Gasteiger partial charge in [0.1, 0.15) is 11.6 Å². The molecule has 0 aromatic carbocycles. The third kappa shape index (κ3) is 2.95. The predicted molar refractivity (Wildman–Crippen MR) is 90.1 cm³/mol. The first kappa shape index (κ1) is 16.0. The van der Waals surface area contributed by atoms with Crippen molar-refractivity contribution in [1.29, 1.82) is 0 Å². The van der Waals surface area contributed by atoms with E-state index in [-0.39, 0.29) is 11.7 Å². The van der Waals surface area contributed by atoms with Crippen LogP contribution in [0.5, 0.6) is 0 Å². The number of hydrogen-bond donors (Lipinski definition) is 0. The molecule has 0 spiro atoms. The van der Waals surface area contributed by atoms with Crippen LogP contribution in [0.15, 0.2) is 9.95 Å². The number of fused-ring (bicyclic) bond motifs is 1. The molecule has 7 heteroatoms. The Labute approximate surface area is 137 Å². The van der Waals surface area contributed by atoms with Crippen molar-refractivity contribution in [1.82, 2.24) is 9.55 Å². The highest BCUT2D eigenvalue weighted by molar-refractivity contribution is 7.99. The summed E-state index contributed by atoms with van der Waals surface area (Å²) in [6, 6.07) is 0. The van der Waals surface area contributed by atoms with Crippen LogP contribution in [0.3, 0.4) is 0 Å². The fourth-order valence-electron chi connectivity index (χ4n) is 2.50. The third-order valence-corrected chi connectivity index (χ3v) is 6.15. The summed E-state index contributed by atoms with van der Waals surface area (Å²) in [5.74, 6) is 0.796. The fraction of sp³-hybridized carbons (Fsp3) is 0.600. The summed E-state index contributed by atoms with van der Waals surface area (Å²) < 4.78 is 12.5. The van der Waals surface area contributed by atoms with Crippen molar-refractivity contribution in [3.63, 3.8) is 0 Å². The zero-order valence-electron chi connectivity index (χ0n) is 13.0. The molecule has 3 rings (SSSR count). The van der Waals surface area contributed by atoms with Crippen molar-refractivity contribution in [3.05, 3.63) is 20.8 Å². The average Bonchev–Trinajstić information content (AvgIpc) is 2.81. The molecule has 120 valence electrons. The van der Waals surface area contributed by atoms with Gasteiger partial charge in [-0.15, -0.1) is 11.3 Å². The average molecular weight is 340 g/mol. The van der Waals surface area contributed by atoms with Crippen molar-refractivity contribution in [3.8, 4) is 0 Å². The highest BCUT2D eigenvalue weighted by atomic mass is 32.2. The van der Waals surface area contributed by atoms with Gasteiger partial charge >= 0.3 is 0 Å². The normalized spacial score (nSPS) is 19.0. The number of hydrogen-bond acceptors (Lipinski definition) is 6. The van der Waals surface area contributed by atoms with E-state index in [1.54, 1.807) is 27.7 Å². The summed E-state index contributed by atoms with van der Waals surface area (Å²) >= 11 is 3.20. The Kier molecular flexibility index (Phi) is 4.87. The van der Waals surface area contributed by atoms with Crippen molar-refractivity contribution in [2.75, 3.05) is 19.2 Å². The van der Waals surface area contributed by atoms with Gasteiger partial charge in [0.25, 0.3) is 5.56 Å². The summed E-state index contributed by atoms with van der Waals surface area (Å²) in [4.78, 5) is 19.5. The minimum atomic E-state index is 0.0738. The van der Waals surface area contributed by atoms with Gasteiger partial charge < -0.3 is 9.47 Å². The smallest absolute Gasteiger partial charge is 0.263 e. The molecule has 1 aliphatic rings. The van der Waals surface area contributed by atoms with Crippen LogP contribution < -0.4 is 5.56 Å². The van der Waals surface area contributed by atoms with Crippen LogP contribution in [0.2, 0.25) is 0 Å². The second kappa shape index (κ2) is 6.70. The molecular formula is C15H20N2O3S2. The van der Waals surface area contributed by atoms with Crippen LogP contribution in [0, 0.1) is 13.8 Å². The third-order valence-electron chi connectivity index (χ3n) is 3.94. The van der Waals surface area contributed by atoms with Gasteiger partial charge in [-0.3, -0.25) is 9.36 Å². The maximum absolute atomic E-state index is 12.7. The molecule has 3 heterocycles. The minimum Gasteiger partial charge on any atom is -0.355 e. The van der Waals surface area contributed by atoms with Gasteiger partial charge in [-0.2, -0.15) is 0 Å². The standard InChI is InChI=1S/C15H20N2O3S2/c1-4-17-14(18)12-9(2)10(3)22-13(12)16-15(17)21-7-11-5-6-19-8-20-11/h11H,4-8H2,1-3H3/t11-/m0/s1. The molecule has 0 amide bonds. The Morgan fingerprint density at radius 3 is 2.95 bits per heavy atom. The zero-order chi connectivity index (χ0) is 15.7. The minimum absolute atomic E-state index is 0.0738.